The number of rotatable bonds is 4. The third-order valence-electron chi connectivity index (χ3n) is 5.01. The lowest BCUT2D eigenvalue weighted by molar-refractivity contribution is -0.402. The summed E-state index contributed by atoms with van der Waals surface area (Å²) in [5.41, 5.74) is -6.10. The van der Waals surface area contributed by atoms with Gasteiger partial charge in [-0.25, -0.2) is 0 Å². The molecule has 0 aromatic heterocycles. The summed E-state index contributed by atoms with van der Waals surface area (Å²) in [6.45, 7) is -0.983. The Labute approximate surface area is 148 Å². The van der Waals surface area contributed by atoms with Crippen LogP contribution in [0, 0.1) is 0 Å². The molecule has 0 spiro atoms. The van der Waals surface area contributed by atoms with Crippen molar-refractivity contribution in [3.05, 3.63) is 0 Å². The maximum Gasteiger partial charge on any atom is 0.217 e. The van der Waals surface area contributed by atoms with E-state index in [9.17, 15) is 40.5 Å². The van der Waals surface area contributed by atoms with E-state index >= 15 is 0 Å². The van der Waals surface area contributed by atoms with E-state index in [1.54, 1.807) is 0 Å². The highest BCUT2D eigenvalue weighted by atomic mass is 16.6. The number of hydrogen-bond donors (Lipinski definition) is 9. The first-order chi connectivity index (χ1) is 12.0. The number of aliphatic hydroxyl groups excluding tert-OH is 6. The highest BCUT2D eigenvalue weighted by Gasteiger charge is 2.72. The molecule has 0 aliphatic carbocycles. The number of nitrogens with one attached hydrogen (secondary N) is 1. The van der Waals surface area contributed by atoms with Crippen LogP contribution in [0.3, 0.4) is 0 Å². The summed E-state index contributed by atoms with van der Waals surface area (Å²) < 4.78 is 10.0. The van der Waals surface area contributed by atoms with E-state index < -0.39 is 73.2 Å². The van der Waals surface area contributed by atoms with E-state index in [2.05, 4.69) is 5.32 Å². The summed E-state index contributed by atoms with van der Waals surface area (Å²) in [5, 5.41) is 84.0. The molecule has 2 aliphatic rings. The second-order valence-corrected chi connectivity index (χ2v) is 6.55. The Morgan fingerprint density at radius 2 is 1.69 bits per heavy atom. The van der Waals surface area contributed by atoms with Crippen LogP contribution in [0.4, 0.5) is 0 Å². The minimum absolute atomic E-state index is 0.348. The predicted octanol–water partition coefficient (Wildman–Crippen LogP) is -5.86. The van der Waals surface area contributed by atoms with E-state index in [4.69, 9.17) is 14.6 Å². The van der Waals surface area contributed by atoms with Gasteiger partial charge in [0.15, 0.2) is 17.5 Å². The largest absolute Gasteiger partial charge is 0.394 e. The van der Waals surface area contributed by atoms with Crippen molar-refractivity contribution in [3.8, 4) is 0 Å². The molecular weight excluding hydrogens is 358 g/mol. The molecule has 9 N–H and O–H groups in total. The first kappa shape index (κ1) is 21.4. The van der Waals surface area contributed by atoms with Gasteiger partial charge in [0.1, 0.15) is 30.5 Å². The number of carbonyl (C=O) groups excluding carboxylic acids is 1. The first-order valence-corrected chi connectivity index (χ1v) is 7.98. The zero-order valence-corrected chi connectivity index (χ0v) is 14.0. The Morgan fingerprint density at radius 1 is 1.08 bits per heavy atom. The Hall–Kier alpha value is -0.930. The molecule has 12 heteroatoms. The van der Waals surface area contributed by atoms with Gasteiger partial charge in [0, 0.05) is 6.92 Å². The van der Waals surface area contributed by atoms with Gasteiger partial charge >= 0.3 is 0 Å². The van der Waals surface area contributed by atoms with Crippen molar-refractivity contribution >= 4 is 5.91 Å². The van der Waals surface area contributed by atoms with E-state index in [1.807, 2.05) is 0 Å². The van der Waals surface area contributed by atoms with Gasteiger partial charge < -0.3 is 55.6 Å². The van der Waals surface area contributed by atoms with Crippen molar-refractivity contribution in [1.29, 1.82) is 0 Å². The third-order valence-corrected chi connectivity index (χ3v) is 5.01. The van der Waals surface area contributed by atoms with Gasteiger partial charge in [-0.15, -0.1) is 0 Å². The molecule has 2 fully saturated rings. The molecule has 2 rings (SSSR count). The molecule has 1 amide bonds. The average molecular weight is 383 g/mol. The lowest BCUT2D eigenvalue weighted by atomic mass is 9.65. The molecule has 2 saturated heterocycles. The molecule has 0 unspecified atom stereocenters. The van der Waals surface area contributed by atoms with E-state index in [0.29, 0.717) is 0 Å². The van der Waals surface area contributed by atoms with Crippen LogP contribution < -0.4 is 5.32 Å². The molecule has 26 heavy (non-hydrogen) atoms. The minimum Gasteiger partial charge on any atom is -0.394 e. The van der Waals surface area contributed by atoms with Crippen molar-refractivity contribution in [2.24, 2.45) is 0 Å². The van der Waals surface area contributed by atoms with Crippen molar-refractivity contribution in [1.82, 2.24) is 5.32 Å². The topological polar surface area (TPSA) is 209 Å². The summed E-state index contributed by atoms with van der Waals surface area (Å²) in [6, 6.07) is -1.27. The second kappa shape index (κ2) is 7.59. The highest BCUT2D eigenvalue weighted by Crippen LogP contribution is 2.44. The molecule has 152 valence electrons. The number of ether oxygens (including phenoxy) is 2. The summed E-state index contributed by atoms with van der Waals surface area (Å²) in [6.07, 6.45) is -11.9. The summed E-state index contributed by atoms with van der Waals surface area (Å²) in [7, 11) is 0. The Balaban J connectivity index is 2.49. The van der Waals surface area contributed by atoms with Gasteiger partial charge in [-0.05, 0) is 0 Å². The summed E-state index contributed by atoms with van der Waals surface area (Å²) in [4.78, 5) is 11.3. The Bertz CT molecular complexity index is 521. The van der Waals surface area contributed by atoms with Gasteiger partial charge in [0.25, 0.3) is 0 Å². The number of aliphatic hydroxyl groups is 8. The van der Waals surface area contributed by atoms with Crippen LogP contribution in [-0.2, 0) is 14.3 Å². The monoisotopic (exact) mass is 383 g/mol. The fourth-order valence-corrected chi connectivity index (χ4v) is 3.55. The highest BCUT2D eigenvalue weighted by molar-refractivity contribution is 5.73. The molecule has 0 radical (unpaired) electrons. The third kappa shape index (κ3) is 3.01. The summed E-state index contributed by atoms with van der Waals surface area (Å²) in [5.74, 6) is -0.601. The predicted molar refractivity (Wildman–Crippen MR) is 80.3 cm³/mol. The normalized spacial score (nSPS) is 49.7. The van der Waals surface area contributed by atoms with Crippen molar-refractivity contribution in [3.63, 3.8) is 0 Å². The van der Waals surface area contributed by atoms with Crippen LogP contribution in [0.2, 0.25) is 0 Å². The van der Waals surface area contributed by atoms with Gasteiger partial charge in [-0.1, -0.05) is 0 Å². The van der Waals surface area contributed by atoms with E-state index in [1.165, 1.54) is 0 Å². The molecule has 2 heterocycles. The smallest absolute Gasteiger partial charge is 0.217 e. The molecule has 0 aromatic rings. The van der Waals surface area contributed by atoms with Crippen LogP contribution in [-0.4, -0.2) is 121 Å². The molecule has 12 nitrogen and oxygen atoms in total. The maximum atomic E-state index is 11.3. The molecule has 0 bridgehead atoms. The van der Waals surface area contributed by atoms with Crippen molar-refractivity contribution in [2.45, 2.75) is 61.0 Å². The van der Waals surface area contributed by atoms with Crippen LogP contribution in [0.25, 0.3) is 0 Å². The number of hydrogen-bond acceptors (Lipinski definition) is 11. The van der Waals surface area contributed by atoms with Gasteiger partial charge in [-0.2, -0.15) is 0 Å². The quantitative estimate of drug-likeness (QED) is 0.223. The SMILES string of the molecule is CC(=O)N[C@@H]1CO[C@H](CO)[C@@](O)([C@]2(O)[C@@H](O)O[C@H](CO)[C@H](O)[C@@H]2O)[C@@H]1O. The molecule has 0 saturated carbocycles. The first-order valence-electron chi connectivity index (χ1n) is 7.98. The Morgan fingerprint density at radius 3 is 2.19 bits per heavy atom. The van der Waals surface area contributed by atoms with Crippen LogP contribution >= 0.6 is 0 Å². The number of amides is 1. The van der Waals surface area contributed by atoms with Crippen LogP contribution in [0.15, 0.2) is 0 Å². The van der Waals surface area contributed by atoms with Crippen molar-refractivity contribution < 1.29 is 55.1 Å². The number of carbonyl (C=O) groups is 1. The standard InChI is InChI=1S/C14H25NO11/c1-5(18)15-6-4-25-8(3-17)13(23,10(6)20)14(24)11(21)9(19)7(2-16)26-12(14)22/h6-12,16-17,19-24H,2-4H2,1H3,(H,15,18)/t6-,7-,8-,9+,10-,11+,12+,13+,14-/m1/s1. The molecule has 9 atom stereocenters. The molecule has 0 aromatic carbocycles. The van der Waals surface area contributed by atoms with Crippen LogP contribution in [0.1, 0.15) is 6.92 Å². The van der Waals surface area contributed by atoms with Crippen LogP contribution in [0.5, 0.6) is 0 Å². The lowest BCUT2D eigenvalue weighted by Gasteiger charge is -2.58. The zero-order chi connectivity index (χ0) is 19.9. The van der Waals surface area contributed by atoms with E-state index in [-0.39, 0.29) is 6.61 Å². The minimum atomic E-state index is -3.14. The molecule has 2 aliphatic heterocycles. The zero-order valence-electron chi connectivity index (χ0n) is 14.0. The summed E-state index contributed by atoms with van der Waals surface area (Å²) >= 11 is 0. The lowest BCUT2D eigenvalue weighted by Crippen LogP contribution is -2.84. The van der Waals surface area contributed by atoms with Gasteiger partial charge in [0.2, 0.25) is 5.91 Å². The fourth-order valence-electron chi connectivity index (χ4n) is 3.55. The average Bonchev–Trinajstić information content (AvgIpc) is 2.60. The van der Waals surface area contributed by atoms with Crippen molar-refractivity contribution in [2.75, 3.05) is 19.8 Å². The Kier molecular flexibility index (Phi) is 6.24. The fraction of sp³-hybridized carbons (Fsp3) is 0.929. The second-order valence-electron chi connectivity index (χ2n) is 6.55. The maximum absolute atomic E-state index is 11.3. The van der Waals surface area contributed by atoms with Gasteiger partial charge in [-0.3, -0.25) is 4.79 Å². The molecular formula is C14H25NO11. The van der Waals surface area contributed by atoms with E-state index in [0.717, 1.165) is 6.92 Å². The van der Waals surface area contributed by atoms with Gasteiger partial charge in [0.05, 0.1) is 25.9 Å².